The average molecular weight is 681 g/mol. The Morgan fingerprint density at radius 1 is 0.623 bits per heavy atom. The van der Waals surface area contributed by atoms with E-state index >= 15 is 0 Å². The van der Waals surface area contributed by atoms with Crippen LogP contribution in [0.1, 0.15) is 76.4 Å². The van der Waals surface area contributed by atoms with Crippen LogP contribution in [-0.4, -0.2) is 0 Å². The van der Waals surface area contributed by atoms with Crippen LogP contribution in [0.3, 0.4) is 0 Å². The number of allylic oxidation sites excluding steroid dienone is 9. The monoisotopic (exact) mass is 680 g/mol. The Morgan fingerprint density at radius 3 is 2.19 bits per heavy atom. The molecule has 0 radical (unpaired) electrons. The van der Waals surface area contributed by atoms with Gasteiger partial charge in [-0.1, -0.05) is 152 Å². The summed E-state index contributed by atoms with van der Waals surface area (Å²) < 4.78 is 0. The maximum Gasteiger partial charge on any atom is 0.0704 e. The van der Waals surface area contributed by atoms with Gasteiger partial charge in [-0.25, -0.2) is 0 Å². The summed E-state index contributed by atoms with van der Waals surface area (Å²) in [5.41, 5.74) is 17.6. The molecule has 11 rings (SSSR count). The van der Waals surface area contributed by atoms with E-state index in [1.54, 1.807) is 0 Å². The van der Waals surface area contributed by atoms with Crippen LogP contribution in [0.2, 0.25) is 0 Å². The first-order valence-corrected chi connectivity index (χ1v) is 19.2. The summed E-state index contributed by atoms with van der Waals surface area (Å²) in [6.45, 7) is 0. The number of para-hydroxylation sites is 1. The molecular formula is C51H40N2. The molecule has 0 fully saturated rings. The fraction of sp³-hybridized carbons (Fsp3) is 0.137. The minimum absolute atomic E-state index is 0.0771. The van der Waals surface area contributed by atoms with Crippen molar-refractivity contribution in [2.75, 3.05) is 4.90 Å². The SMILES string of the molecule is C1=CCCC(C2=CC(c3ccc(N4C5=c6ccccc6=C6C=Cc7ccccc7C6C5c5ccccc54)cc3)NC(C3CC=Cc4ccccc43)=C2)=C1. The predicted molar refractivity (Wildman–Crippen MR) is 220 cm³/mol. The Hall–Kier alpha value is -6.12. The van der Waals surface area contributed by atoms with Gasteiger partial charge in [-0.3, -0.25) is 0 Å². The molecule has 2 nitrogen and oxygen atoms in total. The Bertz CT molecular complexity index is 2640. The molecule has 0 spiro atoms. The van der Waals surface area contributed by atoms with Gasteiger partial charge in [0.05, 0.1) is 6.04 Å². The van der Waals surface area contributed by atoms with E-state index in [9.17, 15) is 0 Å². The number of nitrogens with one attached hydrogen (secondary N) is 1. The number of anilines is 2. The molecule has 5 aromatic carbocycles. The second-order valence-corrected chi connectivity index (χ2v) is 15.1. The number of dihydropyridines is 1. The van der Waals surface area contributed by atoms with Crippen LogP contribution in [0, 0.1) is 0 Å². The van der Waals surface area contributed by atoms with Crippen LogP contribution in [0.5, 0.6) is 0 Å². The molecule has 4 unspecified atom stereocenters. The highest BCUT2D eigenvalue weighted by atomic mass is 15.2. The summed E-state index contributed by atoms with van der Waals surface area (Å²) in [4.78, 5) is 2.56. The second-order valence-electron chi connectivity index (χ2n) is 15.1. The Kier molecular flexibility index (Phi) is 7.05. The summed E-state index contributed by atoms with van der Waals surface area (Å²) in [6, 6.07) is 45.5. The zero-order chi connectivity index (χ0) is 34.9. The van der Waals surface area contributed by atoms with Crippen LogP contribution >= 0.6 is 0 Å². The van der Waals surface area contributed by atoms with Crippen molar-refractivity contribution in [3.05, 3.63) is 225 Å². The molecule has 53 heavy (non-hydrogen) atoms. The van der Waals surface area contributed by atoms with E-state index in [1.165, 1.54) is 83.3 Å². The van der Waals surface area contributed by atoms with Crippen LogP contribution in [0.25, 0.3) is 23.4 Å². The Labute approximate surface area is 311 Å². The molecule has 1 N–H and O–H groups in total. The van der Waals surface area contributed by atoms with E-state index in [-0.39, 0.29) is 17.9 Å². The molecule has 0 saturated carbocycles. The fourth-order valence-electron chi connectivity index (χ4n) is 9.89. The largest absolute Gasteiger partial charge is 0.377 e. The highest BCUT2D eigenvalue weighted by Crippen LogP contribution is 2.58. The summed E-state index contributed by atoms with van der Waals surface area (Å²) in [5, 5.41) is 6.71. The molecule has 6 aliphatic rings. The maximum absolute atomic E-state index is 4.03. The van der Waals surface area contributed by atoms with Gasteiger partial charge in [0.25, 0.3) is 0 Å². The molecular weight excluding hydrogens is 641 g/mol. The highest BCUT2D eigenvalue weighted by Gasteiger charge is 2.44. The van der Waals surface area contributed by atoms with E-state index in [0.29, 0.717) is 5.92 Å². The number of fused-ring (bicyclic) bond motifs is 9. The van der Waals surface area contributed by atoms with Gasteiger partial charge < -0.3 is 10.2 Å². The van der Waals surface area contributed by atoms with Crippen LogP contribution < -0.4 is 20.7 Å². The van der Waals surface area contributed by atoms with Crippen molar-refractivity contribution >= 4 is 34.8 Å². The Morgan fingerprint density at radius 2 is 1.36 bits per heavy atom. The van der Waals surface area contributed by atoms with Gasteiger partial charge in [0.15, 0.2) is 0 Å². The van der Waals surface area contributed by atoms with Gasteiger partial charge in [0.2, 0.25) is 0 Å². The lowest BCUT2D eigenvalue weighted by Crippen LogP contribution is -2.40. The maximum atomic E-state index is 4.03. The van der Waals surface area contributed by atoms with Crippen molar-refractivity contribution in [1.82, 2.24) is 5.32 Å². The van der Waals surface area contributed by atoms with Crippen molar-refractivity contribution in [3.63, 3.8) is 0 Å². The summed E-state index contributed by atoms with van der Waals surface area (Å²) >= 11 is 0. The van der Waals surface area contributed by atoms with Gasteiger partial charge in [-0.15, -0.1) is 0 Å². The topological polar surface area (TPSA) is 15.3 Å². The normalized spacial score (nSPS) is 23.0. The van der Waals surface area contributed by atoms with Crippen LogP contribution in [0.15, 0.2) is 181 Å². The van der Waals surface area contributed by atoms with E-state index < -0.39 is 0 Å². The average Bonchev–Trinajstić information content (AvgIpc) is 3.59. The number of rotatable bonds is 4. The molecule has 0 amide bonds. The molecule has 2 aliphatic heterocycles. The van der Waals surface area contributed by atoms with Gasteiger partial charge >= 0.3 is 0 Å². The minimum Gasteiger partial charge on any atom is -0.377 e. The van der Waals surface area contributed by atoms with Gasteiger partial charge in [0.1, 0.15) is 0 Å². The third kappa shape index (κ3) is 4.86. The molecule has 2 heterocycles. The number of hydrogen-bond acceptors (Lipinski definition) is 2. The summed E-state index contributed by atoms with van der Waals surface area (Å²) in [5.74, 6) is 0.796. The molecule has 0 aromatic heterocycles. The molecule has 5 aromatic rings. The second kappa shape index (κ2) is 12.2. The van der Waals surface area contributed by atoms with E-state index in [4.69, 9.17) is 0 Å². The lowest BCUT2D eigenvalue weighted by atomic mass is 9.69. The van der Waals surface area contributed by atoms with E-state index in [0.717, 1.165) is 19.3 Å². The zero-order valence-electron chi connectivity index (χ0n) is 29.6. The molecule has 2 heteroatoms. The highest BCUT2D eigenvalue weighted by molar-refractivity contribution is 5.96. The first-order valence-electron chi connectivity index (χ1n) is 19.2. The van der Waals surface area contributed by atoms with Crippen LogP contribution in [-0.2, 0) is 0 Å². The fourth-order valence-corrected chi connectivity index (χ4v) is 9.89. The van der Waals surface area contributed by atoms with Crippen molar-refractivity contribution in [1.29, 1.82) is 0 Å². The first-order chi connectivity index (χ1) is 26.3. The molecule has 4 atom stereocenters. The van der Waals surface area contributed by atoms with Crippen molar-refractivity contribution in [3.8, 4) is 0 Å². The van der Waals surface area contributed by atoms with E-state index in [1.807, 2.05) is 0 Å². The standard InChI is InChI=1S/C51H40N2/c1-2-13-33(14-3-1)37-31-46(52-47(32-37)42-23-12-17-34-15-4-6-18-39(34)42)36-25-28-38(29-26-36)53-48-24-11-10-22-45(48)50-49-40-19-7-5-16-35(40)27-30-43(49)41-20-8-9-21-44(41)51(50)53/h1-2,4-13,15-22,24-32,42,46,49-50,52H,3,14,23H2. The van der Waals surface area contributed by atoms with Crippen molar-refractivity contribution in [2.24, 2.45) is 0 Å². The Balaban J connectivity index is 1.01. The lowest BCUT2D eigenvalue weighted by molar-refractivity contribution is 0.620. The summed E-state index contributed by atoms with van der Waals surface area (Å²) in [6.07, 6.45) is 24.2. The minimum atomic E-state index is 0.0771. The van der Waals surface area contributed by atoms with Crippen molar-refractivity contribution < 1.29 is 0 Å². The first kappa shape index (κ1) is 30.5. The van der Waals surface area contributed by atoms with Gasteiger partial charge in [-0.05, 0) is 98.9 Å². The zero-order valence-corrected chi connectivity index (χ0v) is 29.6. The number of hydrogen-bond donors (Lipinski definition) is 1. The van der Waals surface area contributed by atoms with E-state index in [2.05, 4.69) is 186 Å². The molecule has 0 saturated heterocycles. The summed E-state index contributed by atoms with van der Waals surface area (Å²) in [7, 11) is 0. The van der Waals surface area contributed by atoms with Crippen molar-refractivity contribution in [2.45, 2.75) is 43.1 Å². The predicted octanol–water partition coefficient (Wildman–Crippen LogP) is 10.6. The van der Waals surface area contributed by atoms with Gasteiger partial charge in [0, 0.05) is 45.7 Å². The van der Waals surface area contributed by atoms with Gasteiger partial charge in [-0.2, -0.15) is 0 Å². The molecule has 254 valence electrons. The lowest BCUT2D eigenvalue weighted by Gasteiger charge is -2.35. The molecule has 4 aliphatic carbocycles. The quantitative estimate of drug-likeness (QED) is 0.203. The number of nitrogens with zero attached hydrogens (tertiary/aromatic N) is 1. The smallest absolute Gasteiger partial charge is 0.0704 e. The third-order valence-electron chi connectivity index (χ3n) is 12.3. The number of benzene rings is 5. The third-order valence-corrected chi connectivity index (χ3v) is 12.3. The molecule has 0 bridgehead atoms. The van der Waals surface area contributed by atoms with Crippen LogP contribution in [0.4, 0.5) is 11.4 Å².